The van der Waals surface area contributed by atoms with Crippen LogP contribution in [0.5, 0.6) is 5.75 Å². The fraction of sp³-hybridized carbons (Fsp3) is 0.435. The predicted octanol–water partition coefficient (Wildman–Crippen LogP) is 4.38. The van der Waals surface area contributed by atoms with Gasteiger partial charge < -0.3 is 9.64 Å². The van der Waals surface area contributed by atoms with E-state index < -0.39 is 11.7 Å². The van der Waals surface area contributed by atoms with Crippen LogP contribution in [0.4, 0.5) is 13.2 Å². The number of ether oxygens (including phenoxy) is 1. The Morgan fingerprint density at radius 1 is 1.03 bits per heavy atom. The van der Waals surface area contributed by atoms with Gasteiger partial charge in [-0.05, 0) is 42.7 Å². The zero-order valence-electron chi connectivity index (χ0n) is 17.3. The number of carbonyl (C=O) groups excluding carboxylic acids is 1. The molecule has 1 amide bonds. The molecular formula is C23H27F3N2O2. The molecule has 3 rings (SSSR count). The van der Waals surface area contributed by atoms with Gasteiger partial charge in [-0.1, -0.05) is 30.3 Å². The Kier molecular flexibility index (Phi) is 7.02. The van der Waals surface area contributed by atoms with Crippen molar-refractivity contribution in [2.75, 3.05) is 26.7 Å². The van der Waals surface area contributed by atoms with Crippen LogP contribution in [-0.4, -0.2) is 48.5 Å². The van der Waals surface area contributed by atoms with Crippen molar-refractivity contribution in [3.63, 3.8) is 0 Å². The highest BCUT2D eigenvalue weighted by Gasteiger charge is 2.30. The summed E-state index contributed by atoms with van der Waals surface area (Å²) in [7, 11) is 1.61. The molecule has 0 spiro atoms. The van der Waals surface area contributed by atoms with Gasteiger partial charge in [0, 0.05) is 38.6 Å². The summed E-state index contributed by atoms with van der Waals surface area (Å²) in [5.41, 5.74) is 1.04. The summed E-state index contributed by atoms with van der Waals surface area (Å²) in [5.74, 6) is 0.845. The first-order chi connectivity index (χ1) is 14.3. The first-order valence-corrected chi connectivity index (χ1v) is 10.1. The standard InChI is InChI=1S/C23H27F3N2O2/c1-17(13-18-5-3-7-20(14-18)23(24,25)26)27-10-9-22(29)28(12-11-27)16-19-6-4-8-21(15-19)30-2/h3-8,14-15,17H,9-13,16H2,1-2H3/t17-/m1/s1. The third-order valence-corrected chi connectivity index (χ3v) is 5.54. The molecule has 1 fully saturated rings. The van der Waals surface area contributed by atoms with E-state index in [9.17, 15) is 18.0 Å². The Labute approximate surface area is 175 Å². The molecule has 0 N–H and O–H groups in total. The van der Waals surface area contributed by atoms with Gasteiger partial charge in [0.25, 0.3) is 0 Å². The lowest BCUT2D eigenvalue weighted by atomic mass is 10.0. The molecule has 4 nitrogen and oxygen atoms in total. The molecule has 1 saturated heterocycles. The first-order valence-electron chi connectivity index (χ1n) is 10.1. The molecule has 1 aliphatic heterocycles. The highest BCUT2D eigenvalue weighted by Crippen LogP contribution is 2.30. The molecule has 1 atom stereocenters. The lowest BCUT2D eigenvalue weighted by Gasteiger charge is -2.28. The van der Waals surface area contributed by atoms with Crippen LogP contribution in [0.25, 0.3) is 0 Å². The molecule has 162 valence electrons. The summed E-state index contributed by atoms with van der Waals surface area (Å²) in [6.45, 7) is 4.40. The van der Waals surface area contributed by atoms with E-state index in [1.165, 1.54) is 12.1 Å². The number of methoxy groups -OCH3 is 1. The Bertz CT molecular complexity index is 870. The number of rotatable bonds is 6. The zero-order chi connectivity index (χ0) is 21.7. The fourth-order valence-electron chi connectivity index (χ4n) is 3.83. The SMILES string of the molecule is COc1cccc(CN2CCN([C@H](C)Cc3cccc(C(F)(F)F)c3)CCC2=O)c1. The van der Waals surface area contributed by atoms with Gasteiger partial charge in [-0.25, -0.2) is 0 Å². The van der Waals surface area contributed by atoms with Crippen LogP contribution in [0.15, 0.2) is 48.5 Å². The summed E-state index contributed by atoms with van der Waals surface area (Å²) < 4.78 is 44.1. The highest BCUT2D eigenvalue weighted by molar-refractivity contribution is 5.76. The second kappa shape index (κ2) is 9.51. The van der Waals surface area contributed by atoms with Gasteiger partial charge in [-0.15, -0.1) is 0 Å². The Balaban J connectivity index is 1.61. The number of hydrogen-bond acceptors (Lipinski definition) is 3. The molecule has 30 heavy (non-hydrogen) atoms. The van der Waals surface area contributed by atoms with Crippen LogP contribution in [0.1, 0.15) is 30.0 Å². The number of nitrogens with zero attached hydrogens (tertiary/aromatic N) is 2. The molecule has 1 heterocycles. The van der Waals surface area contributed by atoms with Crippen LogP contribution in [0, 0.1) is 0 Å². The summed E-state index contributed by atoms with van der Waals surface area (Å²) >= 11 is 0. The van der Waals surface area contributed by atoms with Crippen LogP contribution >= 0.6 is 0 Å². The maximum Gasteiger partial charge on any atom is 0.416 e. The molecule has 2 aromatic rings. The molecule has 2 aromatic carbocycles. The van der Waals surface area contributed by atoms with Crippen molar-refractivity contribution in [1.29, 1.82) is 0 Å². The molecule has 0 aromatic heterocycles. The van der Waals surface area contributed by atoms with Gasteiger partial charge in [-0.2, -0.15) is 13.2 Å². The van der Waals surface area contributed by atoms with E-state index in [1.807, 2.05) is 36.1 Å². The van der Waals surface area contributed by atoms with Gasteiger partial charge in [0.05, 0.1) is 12.7 Å². The van der Waals surface area contributed by atoms with E-state index in [2.05, 4.69) is 4.90 Å². The molecule has 0 aliphatic carbocycles. The summed E-state index contributed by atoms with van der Waals surface area (Å²) in [4.78, 5) is 16.6. The Morgan fingerprint density at radius 2 is 1.77 bits per heavy atom. The van der Waals surface area contributed by atoms with Crippen LogP contribution in [-0.2, 0) is 23.9 Å². The van der Waals surface area contributed by atoms with Crippen molar-refractivity contribution in [2.45, 2.75) is 38.5 Å². The van der Waals surface area contributed by atoms with Gasteiger partial charge >= 0.3 is 6.18 Å². The normalized spacial score (nSPS) is 17.0. The van der Waals surface area contributed by atoms with E-state index >= 15 is 0 Å². The number of benzene rings is 2. The fourth-order valence-corrected chi connectivity index (χ4v) is 3.83. The monoisotopic (exact) mass is 420 g/mol. The zero-order valence-corrected chi connectivity index (χ0v) is 17.3. The summed E-state index contributed by atoms with van der Waals surface area (Å²) in [5, 5.41) is 0. The van der Waals surface area contributed by atoms with E-state index in [1.54, 1.807) is 13.2 Å². The first kappa shape index (κ1) is 22.2. The lowest BCUT2D eigenvalue weighted by Crippen LogP contribution is -2.38. The minimum Gasteiger partial charge on any atom is -0.497 e. The third kappa shape index (κ3) is 5.75. The van der Waals surface area contributed by atoms with Crippen molar-refractivity contribution < 1.29 is 22.7 Å². The molecule has 1 aliphatic rings. The second-order valence-electron chi connectivity index (χ2n) is 7.70. The van der Waals surface area contributed by atoms with Crippen LogP contribution in [0.3, 0.4) is 0 Å². The van der Waals surface area contributed by atoms with E-state index in [4.69, 9.17) is 4.74 Å². The van der Waals surface area contributed by atoms with Crippen LogP contribution < -0.4 is 4.74 Å². The predicted molar refractivity (Wildman–Crippen MR) is 109 cm³/mol. The van der Waals surface area contributed by atoms with Gasteiger partial charge in [-0.3, -0.25) is 9.69 Å². The molecule has 0 radical (unpaired) electrons. The maximum absolute atomic E-state index is 13.0. The van der Waals surface area contributed by atoms with Crippen LogP contribution in [0.2, 0.25) is 0 Å². The van der Waals surface area contributed by atoms with Crippen molar-refractivity contribution in [1.82, 2.24) is 9.80 Å². The van der Waals surface area contributed by atoms with Crippen molar-refractivity contribution in [2.24, 2.45) is 0 Å². The largest absolute Gasteiger partial charge is 0.497 e. The minimum absolute atomic E-state index is 0.0399. The van der Waals surface area contributed by atoms with E-state index in [-0.39, 0.29) is 11.9 Å². The molecule has 0 saturated carbocycles. The lowest BCUT2D eigenvalue weighted by molar-refractivity contribution is -0.137. The minimum atomic E-state index is -4.34. The smallest absolute Gasteiger partial charge is 0.416 e. The van der Waals surface area contributed by atoms with Gasteiger partial charge in [0.1, 0.15) is 5.75 Å². The quantitative estimate of drug-likeness (QED) is 0.695. The van der Waals surface area contributed by atoms with Crippen molar-refractivity contribution >= 4 is 5.91 Å². The molecule has 7 heteroatoms. The second-order valence-corrected chi connectivity index (χ2v) is 7.70. The Morgan fingerprint density at radius 3 is 2.50 bits per heavy atom. The molecule has 0 bridgehead atoms. The van der Waals surface area contributed by atoms with Crippen molar-refractivity contribution in [3.8, 4) is 5.75 Å². The summed E-state index contributed by atoms with van der Waals surface area (Å²) in [6.07, 6.45) is -3.43. The Hall–Kier alpha value is -2.54. The molecular weight excluding hydrogens is 393 g/mol. The topological polar surface area (TPSA) is 32.8 Å². The van der Waals surface area contributed by atoms with E-state index in [0.29, 0.717) is 44.6 Å². The summed E-state index contributed by atoms with van der Waals surface area (Å²) in [6, 6.07) is 13.2. The number of halogens is 3. The highest BCUT2D eigenvalue weighted by atomic mass is 19.4. The van der Waals surface area contributed by atoms with Gasteiger partial charge in [0.2, 0.25) is 5.91 Å². The maximum atomic E-state index is 13.0. The number of alkyl halides is 3. The van der Waals surface area contributed by atoms with Gasteiger partial charge in [0.15, 0.2) is 0 Å². The number of hydrogen-bond donors (Lipinski definition) is 0. The van der Waals surface area contributed by atoms with Crippen molar-refractivity contribution in [3.05, 3.63) is 65.2 Å². The van der Waals surface area contributed by atoms with E-state index in [0.717, 1.165) is 17.4 Å². The average molecular weight is 420 g/mol. The average Bonchev–Trinajstić information content (AvgIpc) is 2.90. The third-order valence-electron chi connectivity index (χ3n) is 5.54. The molecule has 0 unspecified atom stereocenters. The number of amides is 1. The number of carbonyl (C=O) groups is 1.